The van der Waals surface area contributed by atoms with E-state index in [0.717, 1.165) is 5.56 Å². The van der Waals surface area contributed by atoms with Crippen molar-refractivity contribution in [2.75, 3.05) is 5.32 Å². The van der Waals surface area contributed by atoms with Gasteiger partial charge in [-0.1, -0.05) is 29.8 Å². The Morgan fingerprint density at radius 1 is 1.14 bits per heavy atom. The first-order valence-corrected chi connectivity index (χ1v) is 7.03. The molecule has 0 atom stereocenters. The number of aryl methyl sites for hydroxylation is 1. The van der Waals surface area contributed by atoms with E-state index >= 15 is 0 Å². The molecule has 4 nitrogen and oxygen atoms in total. The molecule has 1 N–H and O–H groups in total. The third-order valence-electron chi connectivity index (χ3n) is 3.32. The van der Waals surface area contributed by atoms with Crippen molar-refractivity contribution in [1.29, 1.82) is 0 Å². The molecule has 3 aromatic rings. The normalized spacial score (nSPS) is 10.6. The standard InChI is InChI=1S/C17H12ClNO3/c1-10-8-12(18)6-7-14(10)19-16(20)13-9-11-4-2-3-5-15(11)22-17(13)21/h2-9H,1H3,(H,19,20). The van der Waals surface area contributed by atoms with Crippen molar-refractivity contribution < 1.29 is 9.21 Å². The summed E-state index contributed by atoms with van der Waals surface area (Å²) in [5, 5.41) is 3.98. The summed E-state index contributed by atoms with van der Waals surface area (Å²) >= 11 is 5.88. The van der Waals surface area contributed by atoms with Crippen molar-refractivity contribution in [3.63, 3.8) is 0 Å². The van der Waals surface area contributed by atoms with Crippen LogP contribution in [0.1, 0.15) is 15.9 Å². The van der Waals surface area contributed by atoms with Gasteiger partial charge < -0.3 is 9.73 Å². The van der Waals surface area contributed by atoms with Crippen molar-refractivity contribution in [2.45, 2.75) is 6.92 Å². The number of carbonyl (C=O) groups excluding carboxylic acids is 1. The van der Waals surface area contributed by atoms with E-state index < -0.39 is 11.5 Å². The summed E-state index contributed by atoms with van der Waals surface area (Å²) in [4.78, 5) is 24.3. The van der Waals surface area contributed by atoms with E-state index in [1.54, 1.807) is 36.4 Å². The third-order valence-corrected chi connectivity index (χ3v) is 3.56. The van der Waals surface area contributed by atoms with E-state index in [1.807, 2.05) is 13.0 Å². The summed E-state index contributed by atoms with van der Waals surface area (Å²) in [6.07, 6.45) is 0. The second kappa shape index (κ2) is 5.66. The molecule has 1 aromatic heterocycles. The molecule has 0 bridgehead atoms. The number of amides is 1. The van der Waals surface area contributed by atoms with Crippen LogP contribution in [0.4, 0.5) is 5.69 Å². The van der Waals surface area contributed by atoms with Crippen LogP contribution in [0, 0.1) is 6.92 Å². The predicted octanol–water partition coefficient (Wildman–Crippen LogP) is 4.01. The summed E-state index contributed by atoms with van der Waals surface area (Å²) in [6, 6.07) is 13.7. The third kappa shape index (κ3) is 2.73. The number of rotatable bonds is 2. The van der Waals surface area contributed by atoms with Gasteiger partial charge in [0, 0.05) is 16.1 Å². The Morgan fingerprint density at radius 2 is 1.91 bits per heavy atom. The van der Waals surface area contributed by atoms with E-state index in [4.69, 9.17) is 16.0 Å². The maximum Gasteiger partial charge on any atom is 0.349 e. The Labute approximate surface area is 131 Å². The summed E-state index contributed by atoms with van der Waals surface area (Å²) in [5.41, 5.74) is 1.16. The van der Waals surface area contributed by atoms with Crippen LogP contribution in [-0.2, 0) is 0 Å². The zero-order chi connectivity index (χ0) is 15.7. The molecule has 0 saturated heterocycles. The molecule has 110 valence electrons. The van der Waals surface area contributed by atoms with E-state index in [1.165, 1.54) is 6.07 Å². The fourth-order valence-electron chi connectivity index (χ4n) is 2.18. The number of fused-ring (bicyclic) bond motifs is 1. The molecule has 0 aliphatic heterocycles. The molecule has 2 aromatic carbocycles. The number of hydrogen-bond acceptors (Lipinski definition) is 3. The van der Waals surface area contributed by atoms with E-state index in [-0.39, 0.29) is 5.56 Å². The molecule has 1 amide bonds. The molecular weight excluding hydrogens is 302 g/mol. The molecule has 3 rings (SSSR count). The minimum absolute atomic E-state index is 0.0342. The lowest BCUT2D eigenvalue weighted by molar-refractivity contribution is 0.102. The number of carbonyl (C=O) groups is 1. The van der Waals surface area contributed by atoms with Crippen LogP contribution in [0.25, 0.3) is 11.0 Å². The molecule has 0 fully saturated rings. The van der Waals surface area contributed by atoms with Crippen molar-refractivity contribution in [3.05, 3.63) is 75.1 Å². The van der Waals surface area contributed by atoms with Crippen LogP contribution >= 0.6 is 11.6 Å². The van der Waals surface area contributed by atoms with Gasteiger partial charge in [0.15, 0.2) is 0 Å². The van der Waals surface area contributed by atoms with Crippen LogP contribution in [0.15, 0.2) is 57.7 Å². The molecule has 22 heavy (non-hydrogen) atoms. The highest BCUT2D eigenvalue weighted by Gasteiger charge is 2.14. The zero-order valence-electron chi connectivity index (χ0n) is 11.7. The quantitative estimate of drug-likeness (QED) is 0.727. The van der Waals surface area contributed by atoms with Crippen molar-refractivity contribution >= 4 is 34.2 Å². The largest absolute Gasteiger partial charge is 0.422 e. The van der Waals surface area contributed by atoms with Gasteiger partial charge in [0.2, 0.25) is 0 Å². The van der Waals surface area contributed by atoms with Crippen molar-refractivity contribution in [3.8, 4) is 0 Å². The highest BCUT2D eigenvalue weighted by Crippen LogP contribution is 2.20. The van der Waals surface area contributed by atoms with Crippen LogP contribution in [0.2, 0.25) is 5.02 Å². The Balaban J connectivity index is 1.98. The minimum atomic E-state index is -0.664. The average Bonchev–Trinajstić information content (AvgIpc) is 2.49. The van der Waals surface area contributed by atoms with Gasteiger partial charge in [-0.15, -0.1) is 0 Å². The lowest BCUT2D eigenvalue weighted by Gasteiger charge is -2.08. The predicted molar refractivity (Wildman–Crippen MR) is 86.6 cm³/mol. The Bertz CT molecular complexity index is 931. The highest BCUT2D eigenvalue weighted by atomic mass is 35.5. The SMILES string of the molecule is Cc1cc(Cl)ccc1NC(=O)c1cc2ccccc2oc1=O. The maximum absolute atomic E-state index is 12.3. The van der Waals surface area contributed by atoms with Crippen LogP contribution in [0.3, 0.4) is 0 Å². The number of para-hydroxylation sites is 1. The second-order valence-corrected chi connectivity index (χ2v) is 5.34. The first-order chi connectivity index (χ1) is 10.5. The number of nitrogens with one attached hydrogen (secondary N) is 1. The molecule has 0 saturated carbocycles. The Hall–Kier alpha value is -2.59. The number of benzene rings is 2. The highest BCUT2D eigenvalue weighted by molar-refractivity contribution is 6.30. The second-order valence-electron chi connectivity index (χ2n) is 4.90. The zero-order valence-corrected chi connectivity index (χ0v) is 12.5. The lowest BCUT2D eigenvalue weighted by Crippen LogP contribution is -2.21. The van der Waals surface area contributed by atoms with Gasteiger partial charge in [-0.2, -0.15) is 0 Å². The van der Waals surface area contributed by atoms with Crippen molar-refractivity contribution in [1.82, 2.24) is 0 Å². The van der Waals surface area contributed by atoms with E-state index in [9.17, 15) is 9.59 Å². The van der Waals surface area contributed by atoms with Gasteiger partial charge in [-0.25, -0.2) is 4.79 Å². The van der Waals surface area contributed by atoms with Gasteiger partial charge in [0.05, 0.1) is 0 Å². The molecular formula is C17H12ClNO3. The fraction of sp³-hybridized carbons (Fsp3) is 0.0588. The number of anilines is 1. The number of halogens is 1. The first-order valence-electron chi connectivity index (χ1n) is 6.65. The number of hydrogen-bond donors (Lipinski definition) is 1. The summed E-state index contributed by atoms with van der Waals surface area (Å²) in [6.45, 7) is 1.82. The molecule has 0 aliphatic carbocycles. The van der Waals surface area contributed by atoms with Crippen LogP contribution in [0.5, 0.6) is 0 Å². The van der Waals surface area contributed by atoms with E-state index in [0.29, 0.717) is 21.7 Å². The summed E-state index contributed by atoms with van der Waals surface area (Å²) in [5.74, 6) is -0.509. The Kier molecular flexibility index (Phi) is 3.69. The smallest absolute Gasteiger partial charge is 0.349 e. The van der Waals surface area contributed by atoms with Crippen LogP contribution in [-0.4, -0.2) is 5.91 Å². The minimum Gasteiger partial charge on any atom is -0.422 e. The lowest BCUT2D eigenvalue weighted by atomic mass is 10.1. The van der Waals surface area contributed by atoms with Crippen LogP contribution < -0.4 is 10.9 Å². The molecule has 0 radical (unpaired) electrons. The fourth-order valence-corrected chi connectivity index (χ4v) is 2.40. The van der Waals surface area contributed by atoms with E-state index in [2.05, 4.69) is 5.32 Å². The molecule has 0 unspecified atom stereocenters. The van der Waals surface area contributed by atoms with Gasteiger partial charge in [-0.05, 0) is 42.8 Å². The maximum atomic E-state index is 12.3. The summed E-state index contributed by atoms with van der Waals surface area (Å²) < 4.78 is 5.16. The topological polar surface area (TPSA) is 59.3 Å². The van der Waals surface area contributed by atoms with Gasteiger partial charge in [0.1, 0.15) is 11.1 Å². The molecule has 0 spiro atoms. The molecule has 5 heteroatoms. The first kappa shape index (κ1) is 14.4. The van der Waals surface area contributed by atoms with Gasteiger partial charge in [0.25, 0.3) is 5.91 Å². The summed E-state index contributed by atoms with van der Waals surface area (Å²) in [7, 11) is 0. The monoisotopic (exact) mass is 313 g/mol. The Morgan fingerprint density at radius 3 is 2.68 bits per heavy atom. The average molecular weight is 314 g/mol. The van der Waals surface area contributed by atoms with Crippen molar-refractivity contribution in [2.24, 2.45) is 0 Å². The van der Waals surface area contributed by atoms with Gasteiger partial charge in [-0.3, -0.25) is 4.79 Å². The molecule has 1 heterocycles. The molecule has 0 aliphatic rings. The van der Waals surface area contributed by atoms with Gasteiger partial charge >= 0.3 is 5.63 Å².